The molecule has 0 aromatic heterocycles. The van der Waals surface area contributed by atoms with Gasteiger partial charge in [-0.15, -0.1) is 0 Å². The van der Waals surface area contributed by atoms with Crippen LogP contribution in [0.3, 0.4) is 0 Å². The number of benzene rings is 6. The molecule has 0 amide bonds. The van der Waals surface area contributed by atoms with Crippen molar-refractivity contribution in [2.45, 2.75) is 0 Å². The quantitative estimate of drug-likeness (QED) is 0.251. The molecule has 0 unspecified atom stereocenters. The standard InChI is InChI=1S/C32H23N/c1-3-22-8-16-28(17-9-22)33(29-18-10-23(4-2)11-19-29)30-20-26-14-12-24-6-5-7-25-13-15-27(21-30)32(26)31(24)25/h3-21H,1-2H2. The van der Waals surface area contributed by atoms with Crippen LogP contribution in [-0.4, -0.2) is 0 Å². The van der Waals surface area contributed by atoms with E-state index < -0.39 is 0 Å². The highest BCUT2D eigenvalue weighted by molar-refractivity contribution is 6.23. The molecular formula is C32H23N. The zero-order chi connectivity index (χ0) is 22.4. The summed E-state index contributed by atoms with van der Waals surface area (Å²) in [5.41, 5.74) is 5.57. The van der Waals surface area contributed by atoms with E-state index in [1.165, 1.54) is 32.3 Å². The van der Waals surface area contributed by atoms with E-state index in [0.29, 0.717) is 0 Å². The van der Waals surface area contributed by atoms with Gasteiger partial charge in [0, 0.05) is 17.1 Å². The first-order chi connectivity index (χ1) is 16.2. The van der Waals surface area contributed by atoms with Gasteiger partial charge in [0.1, 0.15) is 0 Å². The number of hydrogen-bond donors (Lipinski definition) is 0. The lowest BCUT2D eigenvalue weighted by Crippen LogP contribution is -2.10. The molecule has 0 spiro atoms. The van der Waals surface area contributed by atoms with Gasteiger partial charge in [-0.3, -0.25) is 0 Å². The third kappa shape index (κ3) is 3.18. The van der Waals surface area contributed by atoms with Gasteiger partial charge in [0.2, 0.25) is 0 Å². The zero-order valence-electron chi connectivity index (χ0n) is 18.3. The molecule has 1 nitrogen and oxygen atoms in total. The average molecular weight is 422 g/mol. The minimum Gasteiger partial charge on any atom is -0.310 e. The molecule has 6 rings (SSSR count). The maximum atomic E-state index is 3.90. The largest absolute Gasteiger partial charge is 0.310 e. The molecule has 0 heterocycles. The molecule has 0 atom stereocenters. The summed E-state index contributed by atoms with van der Waals surface area (Å²) < 4.78 is 0. The molecule has 0 fully saturated rings. The Kier molecular flexibility index (Phi) is 4.48. The van der Waals surface area contributed by atoms with Crippen LogP contribution in [0, 0.1) is 0 Å². The van der Waals surface area contributed by atoms with Gasteiger partial charge in [0.15, 0.2) is 0 Å². The molecular weight excluding hydrogens is 398 g/mol. The van der Waals surface area contributed by atoms with Gasteiger partial charge >= 0.3 is 0 Å². The molecule has 0 saturated carbocycles. The van der Waals surface area contributed by atoms with Crippen LogP contribution >= 0.6 is 0 Å². The van der Waals surface area contributed by atoms with Crippen LogP contribution < -0.4 is 4.90 Å². The Hall–Kier alpha value is -4.36. The Morgan fingerprint density at radius 3 is 1.33 bits per heavy atom. The lowest BCUT2D eigenvalue weighted by Gasteiger charge is -2.27. The van der Waals surface area contributed by atoms with Crippen molar-refractivity contribution in [2.75, 3.05) is 4.90 Å². The second kappa shape index (κ2) is 7.65. The summed E-state index contributed by atoms with van der Waals surface area (Å²) in [4.78, 5) is 2.31. The fraction of sp³-hybridized carbons (Fsp3) is 0. The number of rotatable bonds is 5. The van der Waals surface area contributed by atoms with Crippen LogP contribution in [-0.2, 0) is 0 Å². The molecule has 1 heteroatoms. The Bertz CT molecular complexity index is 1510. The van der Waals surface area contributed by atoms with Crippen molar-refractivity contribution in [2.24, 2.45) is 0 Å². The molecule has 0 aliphatic carbocycles. The first-order valence-electron chi connectivity index (χ1n) is 11.2. The smallest absolute Gasteiger partial charge is 0.0473 e. The lowest BCUT2D eigenvalue weighted by atomic mass is 9.93. The summed E-state index contributed by atoms with van der Waals surface area (Å²) in [6, 6.07) is 37.1. The van der Waals surface area contributed by atoms with Crippen molar-refractivity contribution < 1.29 is 0 Å². The molecule has 0 radical (unpaired) electrons. The third-order valence-corrected chi connectivity index (χ3v) is 6.48. The first-order valence-corrected chi connectivity index (χ1v) is 11.2. The minimum absolute atomic E-state index is 1.11. The fourth-order valence-electron chi connectivity index (χ4n) is 4.83. The Balaban J connectivity index is 1.61. The lowest BCUT2D eigenvalue weighted by molar-refractivity contribution is 1.29. The van der Waals surface area contributed by atoms with Crippen LogP contribution in [0.5, 0.6) is 0 Å². The summed E-state index contributed by atoms with van der Waals surface area (Å²) in [5, 5.41) is 7.75. The molecule has 0 saturated heterocycles. The number of nitrogens with zero attached hydrogens (tertiary/aromatic N) is 1. The molecule has 6 aromatic carbocycles. The molecule has 0 N–H and O–H groups in total. The Labute approximate surface area is 193 Å². The summed E-state index contributed by atoms with van der Waals surface area (Å²) in [7, 11) is 0. The summed E-state index contributed by atoms with van der Waals surface area (Å²) in [6.07, 6.45) is 3.75. The Morgan fingerprint density at radius 1 is 0.455 bits per heavy atom. The van der Waals surface area contributed by atoms with Gasteiger partial charge in [-0.1, -0.05) is 92.0 Å². The predicted molar refractivity (Wildman–Crippen MR) is 145 cm³/mol. The number of anilines is 3. The van der Waals surface area contributed by atoms with Gasteiger partial charge in [0.25, 0.3) is 0 Å². The summed E-state index contributed by atoms with van der Waals surface area (Å²) in [6.45, 7) is 7.79. The monoisotopic (exact) mass is 421 g/mol. The van der Waals surface area contributed by atoms with Crippen LogP contribution in [0.15, 0.2) is 116 Å². The molecule has 33 heavy (non-hydrogen) atoms. The normalized spacial score (nSPS) is 11.3. The molecule has 0 aliphatic heterocycles. The van der Waals surface area contributed by atoms with Crippen molar-refractivity contribution in [3.05, 3.63) is 127 Å². The van der Waals surface area contributed by atoms with E-state index in [-0.39, 0.29) is 0 Å². The van der Waals surface area contributed by atoms with Gasteiger partial charge in [-0.25, -0.2) is 0 Å². The zero-order valence-corrected chi connectivity index (χ0v) is 18.3. The summed E-state index contributed by atoms with van der Waals surface area (Å²) in [5.74, 6) is 0. The van der Waals surface area contributed by atoms with Crippen LogP contribution in [0.25, 0.3) is 44.5 Å². The SMILES string of the molecule is C=Cc1ccc(N(c2ccc(C=C)cc2)c2cc3ccc4cccc5ccc(c2)c3c45)cc1. The van der Waals surface area contributed by atoms with Crippen molar-refractivity contribution in [3.63, 3.8) is 0 Å². The highest BCUT2D eigenvalue weighted by atomic mass is 15.1. The minimum atomic E-state index is 1.11. The van der Waals surface area contributed by atoms with Gasteiger partial charge in [-0.05, 0) is 79.8 Å². The van der Waals surface area contributed by atoms with Gasteiger partial charge < -0.3 is 4.90 Å². The van der Waals surface area contributed by atoms with E-state index in [9.17, 15) is 0 Å². The van der Waals surface area contributed by atoms with E-state index in [1.54, 1.807) is 0 Å². The van der Waals surface area contributed by atoms with E-state index in [2.05, 4.69) is 121 Å². The average Bonchev–Trinajstić information content (AvgIpc) is 2.88. The first kappa shape index (κ1) is 19.3. The van der Waals surface area contributed by atoms with Crippen molar-refractivity contribution >= 4 is 61.5 Å². The van der Waals surface area contributed by atoms with E-state index in [4.69, 9.17) is 0 Å². The summed E-state index contributed by atoms with van der Waals surface area (Å²) >= 11 is 0. The molecule has 0 aliphatic rings. The second-order valence-electron chi connectivity index (χ2n) is 8.40. The van der Waals surface area contributed by atoms with E-state index in [0.717, 1.165) is 28.2 Å². The van der Waals surface area contributed by atoms with Gasteiger partial charge in [0.05, 0.1) is 0 Å². The van der Waals surface area contributed by atoms with E-state index in [1.807, 2.05) is 12.2 Å². The maximum absolute atomic E-state index is 3.90. The van der Waals surface area contributed by atoms with Crippen molar-refractivity contribution in [3.8, 4) is 0 Å². The van der Waals surface area contributed by atoms with Crippen LogP contribution in [0.4, 0.5) is 17.1 Å². The topological polar surface area (TPSA) is 3.24 Å². The van der Waals surface area contributed by atoms with Crippen LogP contribution in [0.2, 0.25) is 0 Å². The van der Waals surface area contributed by atoms with Gasteiger partial charge in [-0.2, -0.15) is 0 Å². The second-order valence-corrected chi connectivity index (χ2v) is 8.40. The molecule has 0 bridgehead atoms. The van der Waals surface area contributed by atoms with Crippen LogP contribution in [0.1, 0.15) is 11.1 Å². The van der Waals surface area contributed by atoms with Crippen molar-refractivity contribution in [1.82, 2.24) is 0 Å². The highest BCUT2D eigenvalue weighted by Crippen LogP contribution is 2.41. The predicted octanol–water partition coefficient (Wildman–Crippen LogP) is 9.34. The molecule has 6 aromatic rings. The van der Waals surface area contributed by atoms with Crippen molar-refractivity contribution in [1.29, 1.82) is 0 Å². The Morgan fingerprint density at radius 2 is 0.879 bits per heavy atom. The highest BCUT2D eigenvalue weighted by Gasteiger charge is 2.16. The van der Waals surface area contributed by atoms with E-state index >= 15 is 0 Å². The fourth-order valence-corrected chi connectivity index (χ4v) is 4.83. The maximum Gasteiger partial charge on any atom is 0.0473 e. The third-order valence-electron chi connectivity index (χ3n) is 6.48. The molecule has 156 valence electrons. The number of hydrogen-bond acceptors (Lipinski definition) is 1.